The second-order valence-electron chi connectivity index (χ2n) is 3.90. The van der Waals surface area contributed by atoms with Crippen LogP contribution in [0.1, 0.15) is 31.1 Å². The maximum atomic E-state index is 12.8. The van der Waals surface area contributed by atoms with Crippen molar-refractivity contribution in [3.63, 3.8) is 0 Å². The Labute approximate surface area is 89.7 Å². The van der Waals surface area contributed by atoms with Crippen molar-refractivity contribution in [3.05, 3.63) is 35.1 Å². The van der Waals surface area contributed by atoms with Gasteiger partial charge in [-0.25, -0.2) is 4.39 Å². The number of rotatable bonds is 4. The molecule has 0 saturated heterocycles. The standard InChI is InChI=1S/C12H17FO2/c1-8(2)15-7-12(14)11-5-4-10(13)6-9(11)3/h4-6,8,12,14H,7H2,1-3H3. The maximum Gasteiger partial charge on any atom is 0.123 e. The van der Waals surface area contributed by atoms with Crippen LogP contribution in [0.4, 0.5) is 4.39 Å². The Morgan fingerprint density at radius 1 is 1.40 bits per heavy atom. The first-order chi connectivity index (χ1) is 7.00. The molecule has 0 aliphatic carbocycles. The van der Waals surface area contributed by atoms with Gasteiger partial charge in [0.2, 0.25) is 0 Å². The zero-order valence-corrected chi connectivity index (χ0v) is 9.33. The normalized spacial score (nSPS) is 13.2. The Kier molecular flexibility index (Phi) is 4.24. The Hall–Kier alpha value is -0.930. The molecule has 15 heavy (non-hydrogen) atoms. The highest BCUT2D eigenvalue weighted by molar-refractivity contribution is 5.28. The van der Waals surface area contributed by atoms with Crippen molar-refractivity contribution in [2.45, 2.75) is 33.0 Å². The van der Waals surface area contributed by atoms with Crippen LogP contribution >= 0.6 is 0 Å². The molecule has 0 heterocycles. The fourth-order valence-electron chi connectivity index (χ4n) is 1.39. The first-order valence-electron chi connectivity index (χ1n) is 5.06. The first-order valence-corrected chi connectivity index (χ1v) is 5.06. The quantitative estimate of drug-likeness (QED) is 0.831. The molecule has 0 aliphatic heterocycles. The molecule has 1 unspecified atom stereocenters. The van der Waals surface area contributed by atoms with Gasteiger partial charge in [-0.15, -0.1) is 0 Å². The fraction of sp³-hybridized carbons (Fsp3) is 0.500. The van der Waals surface area contributed by atoms with Crippen molar-refractivity contribution in [3.8, 4) is 0 Å². The summed E-state index contributed by atoms with van der Waals surface area (Å²) in [5.74, 6) is -0.284. The van der Waals surface area contributed by atoms with E-state index in [9.17, 15) is 9.50 Å². The molecule has 1 N–H and O–H groups in total. The zero-order chi connectivity index (χ0) is 11.4. The van der Waals surface area contributed by atoms with E-state index in [4.69, 9.17) is 4.74 Å². The molecule has 1 aromatic carbocycles. The van der Waals surface area contributed by atoms with E-state index in [0.717, 1.165) is 11.1 Å². The number of hydrogen-bond donors (Lipinski definition) is 1. The molecule has 0 aliphatic rings. The second-order valence-corrected chi connectivity index (χ2v) is 3.90. The van der Waals surface area contributed by atoms with E-state index in [1.54, 1.807) is 13.0 Å². The Bertz CT molecular complexity index is 323. The zero-order valence-electron chi connectivity index (χ0n) is 9.33. The molecular weight excluding hydrogens is 195 g/mol. The molecule has 1 aromatic rings. The SMILES string of the molecule is Cc1cc(F)ccc1C(O)COC(C)C. The van der Waals surface area contributed by atoms with Crippen molar-refractivity contribution in [1.29, 1.82) is 0 Å². The predicted molar refractivity (Wildman–Crippen MR) is 57.2 cm³/mol. The van der Waals surface area contributed by atoms with Crippen molar-refractivity contribution in [1.82, 2.24) is 0 Å². The molecule has 1 atom stereocenters. The van der Waals surface area contributed by atoms with Gasteiger partial charge in [0.05, 0.1) is 12.7 Å². The van der Waals surface area contributed by atoms with E-state index in [2.05, 4.69) is 0 Å². The van der Waals surface area contributed by atoms with Crippen molar-refractivity contribution in [2.24, 2.45) is 0 Å². The summed E-state index contributed by atoms with van der Waals surface area (Å²) in [6.07, 6.45) is -0.603. The van der Waals surface area contributed by atoms with E-state index in [1.165, 1.54) is 12.1 Å². The van der Waals surface area contributed by atoms with Crippen LogP contribution < -0.4 is 0 Å². The molecule has 0 saturated carbocycles. The molecule has 84 valence electrons. The van der Waals surface area contributed by atoms with E-state index < -0.39 is 6.10 Å². The minimum Gasteiger partial charge on any atom is -0.386 e. The molecule has 3 heteroatoms. The number of aliphatic hydroxyl groups excluding tert-OH is 1. The highest BCUT2D eigenvalue weighted by Gasteiger charge is 2.11. The molecule has 2 nitrogen and oxygen atoms in total. The van der Waals surface area contributed by atoms with Gasteiger partial charge >= 0.3 is 0 Å². The van der Waals surface area contributed by atoms with Gasteiger partial charge in [-0.1, -0.05) is 6.07 Å². The topological polar surface area (TPSA) is 29.5 Å². The third-order valence-electron chi connectivity index (χ3n) is 2.18. The predicted octanol–water partition coefficient (Wildman–Crippen LogP) is 2.59. The van der Waals surface area contributed by atoms with Crippen LogP contribution in [0.5, 0.6) is 0 Å². The summed E-state index contributed by atoms with van der Waals surface area (Å²) in [4.78, 5) is 0. The van der Waals surface area contributed by atoms with Gasteiger partial charge < -0.3 is 9.84 Å². The molecule has 1 rings (SSSR count). The van der Waals surface area contributed by atoms with Crippen molar-refractivity contribution >= 4 is 0 Å². The van der Waals surface area contributed by atoms with Gasteiger partial charge in [0, 0.05) is 0 Å². The van der Waals surface area contributed by atoms with Gasteiger partial charge in [-0.3, -0.25) is 0 Å². The lowest BCUT2D eigenvalue weighted by Crippen LogP contribution is -2.12. The smallest absolute Gasteiger partial charge is 0.123 e. The minimum atomic E-state index is -0.687. The van der Waals surface area contributed by atoms with Crippen molar-refractivity contribution < 1.29 is 14.2 Å². The van der Waals surface area contributed by atoms with Crippen LogP contribution in [0.2, 0.25) is 0 Å². The number of ether oxygens (including phenoxy) is 1. The summed E-state index contributed by atoms with van der Waals surface area (Å²) in [7, 11) is 0. The van der Waals surface area contributed by atoms with Crippen LogP contribution in [0, 0.1) is 12.7 Å². The molecule has 0 bridgehead atoms. The monoisotopic (exact) mass is 212 g/mol. The highest BCUT2D eigenvalue weighted by atomic mass is 19.1. The summed E-state index contributed by atoms with van der Waals surface area (Å²) in [5, 5.41) is 9.79. The number of aryl methyl sites for hydroxylation is 1. The molecule has 0 fully saturated rings. The average molecular weight is 212 g/mol. The van der Waals surface area contributed by atoms with Crippen molar-refractivity contribution in [2.75, 3.05) is 6.61 Å². The van der Waals surface area contributed by atoms with E-state index in [-0.39, 0.29) is 18.5 Å². The maximum absolute atomic E-state index is 12.8. The number of aliphatic hydroxyl groups is 1. The first kappa shape index (κ1) is 12.1. The largest absolute Gasteiger partial charge is 0.386 e. The third kappa shape index (κ3) is 3.61. The summed E-state index contributed by atoms with van der Waals surface area (Å²) in [6, 6.07) is 4.36. The Balaban J connectivity index is 2.69. The molecular formula is C12H17FO2. The third-order valence-corrected chi connectivity index (χ3v) is 2.18. The van der Waals surface area contributed by atoms with Crippen LogP contribution in [-0.2, 0) is 4.74 Å². The summed E-state index contributed by atoms with van der Waals surface area (Å²) >= 11 is 0. The van der Waals surface area contributed by atoms with Crippen LogP contribution in [0.25, 0.3) is 0 Å². The lowest BCUT2D eigenvalue weighted by atomic mass is 10.0. The van der Waals surface area contributed by atoms with Gasteiger partial charge in [0.1, 0.15) is 11.9 Å². The highest BCUT2D eigenvalue weighted by Crippen LogP contribution is 2.19. The number of benzene rings is 1. The van der Waals surface area contributed by atoms with E-state index >= 15 is 0 Å². The van der Waals surface area contributed by atoms with Gasteiger partial charge in [-0.2, -0.15) is 0 Å². The summed E-state index contributed by atoms with van der Waals surface area (Å²) < 4.78 is 18.1. The number of hydrogen-bond acceptors (Lipinski definition) is 2. The minimum absolute atomic E-state index is 0.0837. The Morgan fingerprint density at radius 3 is 2.60 bits per heavy atom. The lowest BCUT2D eigenvalue weighted by molar-refractivity contribution is 0.00467. The van der Waals surface area contributed by atoms with E-state index in [1.807, 2.05) is 13.8 Å². The van der Waals surface area contributed by atoms with Crippen LogP contribution in [0.3, 0.4) is 0 Å². The van der Waals surface area contributed by atoms with Crippen LogP contribution in [-0.4, -0.2) is 17.8 Å². The molecule has 0 radical (unpaired) electrons. The average Bonchev–Trinajstić information content (AvgIpc) is 2.14. The van der Waals surface area contributed by atoms with Gasteiger partial charge in [0.25, 0.3) is 0 Å². The lowest BCUT2D eigenvalue weighted by Gasteiger charge is -2.15. The second kappa shape index (κ2) is 5.24. The molecule has 0 amide bonds. The van der Waals surface area contributed by atoms with Gasteiger partial charge in [-0.05, 0) is 44.0 Å². The number of halogens is 1. The fourth-order valence-corrected chi connectivity index (χ4v) is 1.39. The summed E-state index contributed by atoms with van der Waals surface area (Å²) in [6.45, 7) is 5.83. The molecule has 0 aromatic heterocycles. The van der Waals surface area contributed by atoms with Crippen LogP contribution in [0.15, 0.2) is 18.2 Å². The molecule has 0 spiro atoms. The summed E-state index contributed by atoms with van der Waals surface area (Å²) in [5.41, 5.74) is 1.46. The van der Waals surface area contributed by atoms with E-state index in [0.29, 0.717) is 0 Å². The van der Waals surface area contributed by atoms with Gasteiger partial charge in [0.15, 0.2) is 0 Å². The Morgan fingerprint density at radius 2 is 2.07 bits per heavy atom.